The number of allylic oxidation sites excluding steroid dienone is 1. The van der Waals surface area contributed by atoms with E-state index in [1.165, 1.54) is 0 Å². The van der Waals surface area contributed by atoms with Gasteiger partial charge < -0.3 is 4.90 Å². The van der Waals surface area contributed by atoms with Crippen LogP contribution < -0.4 is 0 Å². The maximum absolute atomic E-state index is 12.1. The van der Waals surface area contributed by atoms with Crippen LogP contribution in [-0.2, 0) is 4.79 Å². The Morgan fingerprint density at radius 3 is 2.67 bits per heavy atom. The van der Waals surface area contributed by atoms with Crippen molar-refractivity contribution in [3.63, 3.8) is 0 Å². The van der Waals surface area contributed by atoms with Crippen LogP contribution in [0.4, 0.5) is 0 Å². The van der Waals surface area contributed by atoms with Gasteiger partial charge >= 0.3 is 0 Å². The van der Waals surface area contributed by atoms with E-state index in [1.54, 1.807) is 0 Å². The summed E-state index contributed by atoms with van der Waals surface area (Å²) in [5.74, 6) is 0.194. The van der Waals surface area contributed by atoms with E-state index >= 15 is 0 Å². The van der Waals surface area contributed by atoms with E-state index in [4.69, 9.17) is 11.6 Å². The summed E-state index contributed by atoms with van der Waals surface area (Å²) in [6.07, 6.45) is 1.89. The van der Waals surface area contributed by atoms with E-state index in [-0.39, 0.29) is 11.7 Å². The molecule has 0 aromatic heterocycles. The zero-order valence-corrected chi connectivity index (χ0v) is 12.2. The van der Waals surface area contributed by atoms with Gasteiger partial charge in [0.05, 0.1) is 0 Å². The van der Waals surface area contributed by atoms with Crippen molar-refractivity contribution < 1.29 is 4.79 Å². The summed E-state index contributed by atoms with van der Waals surface area (Å²) in [7, 11) is 3.94. The topological polar surface area (TPSA) is 20.3 Å². The second kappa shape index (κ2) is 6.72. The summed E-state index contributed by atoms with van der Waals surface area (Å²) >= 11 is 5.92. The molecule has 0 saturated carbocycles. The molecular weight excluding hydrogens is 246 g/mol. The molecule has 1 aromatic rings. The number of hydrogen-bond donors (Lipinski definition) is 0. The summed E-state index contributed by atoms with van der Waals surface area (Å²) in [5.41, 5.74) is 1.73. The van der Waals surface area contributed by atoms with Crippen LogP contribution in [0.3, 0.4) is 0 Å². The molecule has 1 rings (SSSR count). The number of nitrogens with zero attached hydrogens (tertiary/aromatic N) is 1. The fourth-order valence-electron chi connectivity index (χ4n) is 1.94. The number of Topliss-reactive ketones (excluding diaryl/α,β-unsaturated/α-hetero) is 1. The first-order valence-electron chi connectivity index (χ1n) is 6.03. The van der Waals surface area contributed by atoms with Gasteiger partial charge in [-0.3, -0.25) is 4.79 Å². The Morgan fingerprint density at radius 2 is 2.11 bits per heavy atom. The van der Waals surface area contributed by atoms with Crippen LogP contribution in [0.15, 0.2) is 29.8 Å². The van der Waals surface area contributed by atoms with Gasteiger partial charge in [-0.25, -0.2) is 0 Å². The lowest BCUT2D eigenvalue weighted by Gasteiger charge is -2.16. The van der Waals surface area contributed by atoms with Crippen molar-refractivity contribution in [1.29, 1.82) is 0 Å². The monoisotopic (exact) mass is 265 g/mol. The minimum Gasteiger partial charge on any atom is -0.309 e. The van der Waals surface area contributed by atoms with Gasteiger partial charge in [0, 0.05) is 17.5 Å². The zero-order valence-electron chi connectivity index (χ0n) is 11.4. The maximum atomic E-state index is 12.1. The van der Waals surface area contributed by atoms with E-state index in [1.807, 2.05) is 63.2 Å². The molecule has 3 heteroatoms. The van der Waals surface area contributed by atoms with E-state index in [2.05, 4.69) is 0 Å². The van der Waals surface area contributed by atoms with Crippen molar-refractivity contribution in [3.8, 4) is 0 Å². The summed E-state index contributed by atoms with van der Waals surface area (Å²) < 4.78 is 0. The van der Waals surface area contributed by atoms with Crippen LogP contribution >= 0.6 is 11.6 Å². The molecule has 0 aliphatic carbocycles. The summed E-state index contributed by atoms with van der Waals surface area (Å²) in [4.78, 5) is 14.2. The minimum absolute atomic E-state index is 0.00966. The number of carbonyl (C=O) groups is 1. The fourth-order valence-corrected chi connectivity index (χ4v) is 2.14. The van der Waals surface area contributed by atoms with Crippen LogP contribution in [0, 0.1) is 5.92 Å². The van der Waals surface area contributed by atoms with Crippen LogP contribution in [-0.4, -0.2) is 31.3 Å². The lowest BCUT2D eigenvalue weighted by atomic mass is 9.98. The largest absolute Gasteiger partial charge is 0.309 e. The Morgan fingerprint density at radius 1 is 1.44 bits per heavy atom. The first kappa shape index (κ1) is 14.9. The molecule has 0 heterocycles. The number of ketones is 1. The van der Waals surface area contributed by atoms with Gasteiger partial charge in [0.25, 0.3) is 0 Å². The molecule has 0 aliphatic rings. The standard InChI is InChI=1S/C15H20ClNO/c1-11(15(18)12(2)10-17(3)4)8-13-6-5-7-14(16)9-13/h5-9,12H,10H2,1-4H3. The Bertz CT molecular complexity index is 452. The molecule has 1 unspecified atom stereocenters. The van der Waals surface area contributed by atoms with Crippen LogP contribution in [0.2, 0.25) is 5.02 Å². The minimum atomic E-state index is 0.00966. The third-order valence-corrected chi connectivity index (χ3v) is 2.94. The number of carbonyl (C=O) groups excluding carboxylic acids is 1. The molecule has 0 N–H and O–H groups in total. The van der Waals surface area contributed by atoms with Crippen molar-refractivity contribution in [2.45, 2.75) is 13.8 Å². The molecule has 0 fully saturated rings. The zero-order chi connectivity index (χ0) is 13.7. The van der Waals surface area contributed by atoms with Crippen LogP contribution in [0.5, 0.6) is 0 Å². The molecule has 1 aromatic carbocycles. The average molecular weight is 266 g/mol. The molecule has 1 atom stereocenters. The van der Waals surface area contributed by atoms with Crippen molar-refractivity contribution in [3.05, 3.63) is 40.4 Å². The number of hydrogen-bond acceptors (Lipinski definition) is 2. The highest BCUT2D eigenvalue weighted by atomic mass is 35.5. The molecule has 0 spiro atoms. The highest BCUT2D eigenvalue weighted by Crippen LogP contribution is 2.16. The predicted octanol–water partition coefficient (Wildman–Crippen LogP) is 3.51. The Balaban J connectivity index is 2.80. The van der Waals surface area contributed by atoms with Gasteiger partial charge in [0.2, 0.25) is 0 Å². The third kappa shape index (κ3) is 4.63. The van der Waals surface area contributed by atoms with Crippen LogP contribution in [0.1, 0.15) is 19.4 Å². The van der Waals surface area contributed by atoms with E-state index < -0.39 is 0 Å². The van der Waals surface area contributed by atoms with Gasteiger partial charge in [-0.2, -0.15) is 0 Å². The number of halogens is 1. The number of benzene rings is 1. The smallest absolute Gasteiger partial charge is 0.162 e. The number of rotatable bonds is 5. The SMILES string of the molecule is CC(=Cc1cccc(Cl)c1)C(=O)C(C)CN(C)C. The Labute approximate surface area is 114 Å². The van der Waals surface area contributed by atoms with Gasteiger partial charge in [0.1, 0.15) is 0 Å². The summed E-state index contributed by atoms with van der Waals surface area (Å²) in [6, 6.07) is 7.51. The highest BCUT2D eigenvalue weighted by Gasteiger charge is 2.15. The molecule has 0 radical (unpaired) electrons. The van der Waals surface area contributed by atoms with Crippen LogP contribution in [0.25, 0.3) is 6.08 Å². The molecule has 98 valence electrons. The Hall–Kier alpha value is -1.12. The van der Waals surface area contributed by atoms with Gasteiger partial charge in [0.15, 0.2) is 5.78 Å². The van der Waals surface area contributed by atoms with Crippen molar-refractivity contribution in [2.24, 2.45) is 5.92 Å². The first-order valence-corrected chi connectivity index (χ1v) is 6.40. The third-order valence-electron chi connectivity index (χ3n) is 2.71. The van der Waals surface area contributed by atoms with Crippen molar-refractivity contribution in [1.82, 2.24) is 4.90 Å². The normalized spacial score (nSPS) is 13.8. The first-order chi connectivity index (χ1) is 8.40. The van der Waals surface area contributed by atoms with Gasteiger partial charge in [-0.1, -0.05) is 30.7 Å². The average Bonchev–Trinajstić information content (AvgIpc) is 2.27. The fraction of sp³-hybridized carbons (Fsp3) is 0.400. The van der Waals surface area contributed by atoms with Gasteiger partial charge in [-0.15, -0.1) is 0 Å². The van der Waals surface area contributed by atoms with Crippen molar-refractivity contribution >= 4 is 23.5 Å². The Kier molecular flexibility index (Phi) is 5.57. The second-order valence-electron chi connectivity index (χ2n) is 4.91. The molecular formula is C15H20ClNO. The lowest BCUT2D eigenvalue weighted by Crippen LogP contribution is -2.26. The maximum Gasteiger partial charge on any atom is 0.162 e. The predicted molar refractivity (Wildman–Crippen MR) is 77.8 cm³/mol. The molecule has 0 aliphatic heterocycles. The van der Waals surface area contributed by atoms with E-state index in [9.17, 15) is 4.79 Å². The quantitative estimate of drug-likeness (QED) is 0.760. The molecule has 2 nitrogen and oxygen atoms in total. The lowest BCUT2D eigenvalue weighted by molar-refractivity contribution is -0.119. The molecule has 0 bridgehead atoms. The summed E-state index contributed by atoms with van der Waals surface area (Å²) in [5, 5.41) is 0.685. The van der Waals surface area contributed by atoms with Gasteiger partial charge in [-0.05, 0) is 50.4 Å². The van der Waals surface area contributed by atoms with E-state index in [0.717, 1.165) is 17.7 Å². The molecule has 0 saturated heterocycles. The second-order valence-corrected chi connectivity index (χ2v) is 5.35. The highest BCUT2D eigenvalue weighted by molar-refractivity contribution is 6.30. The molecule has 18 heavy (non-hydrogen) atoms. The van der Waals surface area contributed by atoms with E-state index in [0.29, 0.717) is 5.02 Å². The summed E-state index contributed by atoms with van der Waals surface area (Å²) in [6.45, 7) is 4.58. The van der Waals surface area contributed by atoms with Crippen molar-refractivity contribution in [2.75, 3.05) is 20.6 Å². The molecule has 0 amide bonds.